The Kier molecular flexibility index (Phi) is 15.0. The summed E-state index contributed by atoms with van der Waals surface area (Å²) in [6.45, 7) is 3.32. The number of thiocarbonyl (C=S) groups is 1. The molecule has 3 aliphatic heterocycles. The van der Waals surface area contributed by atoms with Crippen LogP contribution < -0.4 is 36.1 Å². The summed E-state index contributed by atoms with van der Waals surface area (Å²) < 4.78 is 30.8. The van der Waals surface area contributed by atoms with E-state index in [1.54, 1.807) is 36.4 Å². The lowest BCUT2D eigenvalue weighted by molar-refractivity contribution is -0.118. The minimum atomic E-state index is -2.84. The van der Waals surface area contributed by atoms with E-state index < -0.39 is 51.6 Å². The molecule has 0 saturated carbocycles. The number of nitrogens with zero attached hydrogens (tertiary/aromatic N) is 2. The number of pyridine rings is 2. The molecule has 2 fully saturated rings. The van der Waals surface area contributed by atoms with Crippen molar-refractivity contribution >= 4 is 110 Å². The lowest BCUT2D eigenvalue weighted by Gasteiger charge is -2.26. The van der Waals surface area contributed by atoms with Crippen molar-refractivity contribution in [2.45, 2.75) is 44.6 Å². The topological polar surface area (TPSA) is 217 Å². The van der Waals surface area contributed by atoms with Crippen molar-refractivity contribution < 1.29 is 46.7 Å². The van der Waals surface area contributed by atoms with Gasteiger partial charge in [-0.3, -0.25) is 24.0 Å². The van der Waals surface area contributed by atoms with Gasteiger partial charge in [0.15, 0.2) is 13.2 Å². The van der Waals surface area contributed by atoms with Gasteiger partial charge in [0.2, 0.25) is 0 Å². The van der Waals surface area contributed by atoms with Gasteiger partial charge < -0.3 is 63.7 Å². The highest BCUT2D eigenvalue weighted by atomic mass is 32.1. The summed E-state index contributed by atoms with van der Waals surface area (Å²) in [5, 5.41) is 18.5. The highest BCUT2D eigenvalue weighted by molar-refractivity contribution is 7.87. The first-order chi connectivity index (χ1) is 34.9. The maximum Gasteiger partial charge on any atom is 0.502 e. The van der Waals surface area contributed by atoms with E-state index in [0.29, 0.717) is 35.1 Å². The molecule has 5 amide bonds. The lowest BCUT2D eigenvalue weighted by Crippen LogP contribution is -2.44. The fourth-order valence-electron chi connectivity index (χ4n) is 8.80. The highest BCUT2D eigenvalue weighted by Gasteiger charge is 2.60. The summed E-state index contributed by atoms with van der Waals surface area (Å²) in [6, 6.07) is 36.8. The van der Waals surface area contributed by atoms with Crippen molar-refractivity contribution in [1.29, 1.82) is 0 Å². The number of carbonyl (C=O) groups excluding carboxylic acids is 5. The van der Waals surface area contributed by atoms with Gasteiger partial charge in [-0.1, -0.05) is 72.8 Å². The predicted molar refractivity (Wildman–Crippen MR) is 280 cm³/mol. The molecule has 2 saturated heterocycles. The Morgan fingerprint density at radius 2 is 1.11 bits per heavy atom. The molecular formula is C52H46N7O10PSSi-2. The Labute approximate surface area is 422 Å². The second kappa shape index (κ2) is 21.9. The van der Waals surface area contributed by atoms with E-state index in [-0.39, 0.29) is 64.8 Å². The van der Waals surface area contributed by atoms with Gasteiger partial charge in [-0.15, -0.1) is 0 Å². The van der Waals surface area contributed by atoms with Gasteiger partial charge in [-0.05, 0) is 96.4 Å². The molecule has 366 valence electrons. The molecule has 3 aliphatic rings. The van der Waals surface area contributed by atoms with E-state index in [0.717, 1.165) is 21.5 Å². The number of amides is 5. The van der Waals surface area contributed by atoms with Gasteiger partial charge >= 0.3 is 8.80 Å². The molecule has 2 unspecified atom stereocenters. The van der Waals surface area contributed by atoms with Gasteiger partial charge in [-0.2, -0.15) is 12.2 Å². The maximum absolute atomic E-state index is 13.9. The fraction of sp³-hybridized carbons (Fsp3) is 0.192. The van der Waals surface area contributed by atoms with Crippen LogP contribution in [0.25, 0.3) is 32.7 Å². The fourth-order valence-corrected chi connectivity index (χ4v) is 12.1. The zero-order valence-corrected chi connectivity index (χ0v) is 41.5. The van der Waals surface area contributed by atoms with E-state index >= 15 is 0 Å². The number of hydrogen-bond donors (Lipinski definition) is 5. The minimum absolute atomic E-state index is 0.0282. The molecular weight excluding hydrogens is 974 g/mol. The molecule has 8 bridgehead atoms. The van der Waals surface area contributed by atoms with Gasteiger partial charge in [0.25, 0.3) is 29.5 Å². The number of benzene rings is 5. The molecule has 17 nitrogen and oxygen atoms in total. The average molecular weight is 1020 g/mol. The number of ether oxygens (including phenoxy) is 2. The van der Waals surface area contributed by atoms with Crippen molar-refractivity contribution in [2.75, 3.05) is 41.0 Å². The molecule has 2 aromatic heterocycles. The number of rotatable bonds is 5. The van der Waals surface area contributed by atoms with Crippen LogP contribution in [0.4, 0.5) is 23.3 Å². The number of nitrogens with one attached hydrogen (secondary N) is 5. The number of fused-ring (bicyclic) bond motifs is 15. The Morgan fingerprint density at radius 3 is 1.58 bits per heavy atom. The van der Waals surface area contributed by atoms with E-state index in [4.69, 9.17) is 22.8 Å². The van der Waals surface area contributed by atoms with Crippen LogP contribution in [-0.4, -0.2) is 91.5 Å². The SMILES string of the molecule is C[C@@H]1O[Si]2(CCCNC(=O)c3cc4cc(c3)C(=O)Nc3cccc(n3)NC(=O)COc3ccc5ccccc5c3-c3c(ccc5ccccc35)OCC(=O)Nc3cccc(n3)NC4=O)OC1[C@@H](C)O2.[P-2]C=S. The quantitative estimate of drug-likeness (QED) is 0.0472. The Morgan fingerprint density at radius 1 is 0.653 bits per heavy atom. The summed E-state index contributed by atoms with van der Waals surface area (Å²) in [5.74, 6) is -1.84. The first kappa shape index (κ1) is 49.5. The molecule has 72 heavy (non-hydrogen) atoms. The van der Waals surface area contributed by atoms with E-state index in [9.17, 15) is 24.0 Å². The number of carbonyl (C=O) groups is 5. The lowest BCUT2D eigenvalue weighted by atomic mass is 9.92. The van der Waals surface area contributed by atoms with Crippen LogP contribution in [0, 0.1) is 0 Å². The third-order valence-corrected chi connectivity index (χ3v) is 15.0. The van der Waals surface area contributed by atoms with Crippen molar-refractivity contribution in [3.63, 3.8) is 0 Å². The third kappa shape index (κ3) is 11.2. The number of aromatic nitrogens is 2. The largest absolute Gasteiger partial charge is 1.45 e. The average Bonchev–Trinajstić information content (AvgIpc) is 3.88. The van der Waals surface area contributed by atoms with Gasteiger partial charge in [0.05, 0.1) is 18.3 Å². The Bertz CT molecular complexity index is 3080. The van der Waals surface area contributed by atoms with E-state index in [2.05, 4.69) is 58.0 Å². The van der Waals surface area contributed by atoms with Crippen LogP contribution >= 0.6 is 21.5 Å². The number of anilines is 4. The Balaban J connectivity index is 0.00000208. The van der Waals surface area contributed by atoms with Crippen LogP contribution in [0.2, 0.25) is 6.04 Å². The zero-order chi connectivity index (χ0) is 50.4. The van der Waals surface area contributed by atoms with Gasteiger partial charge in [0, 0.05) is 40.4 Å². The summed E-state index contributed by atoms with van der Waals surface area (Å²) >= 11 is 4.13. The maximum atomic E-state index is 13.9. The molecule has 0 aliphatic carbocycles. The molecule has 4 atom stereocenters. The molecule has 20 heteroatoms. The first-order valence-corrected chi connectivity index (χ1v) is 25.8. The number of hydrogen-bond acceptors (Lipinski definition) is 13. The monoisotopic (exact) mass is 1020 g/mol. The molecule has 0 spiro atoms. The van der Waals surface area contributed by atoms with Crippen LogP contribution in [-0.2, 0) is 22.9 Å². The van der Waals surface area contributed by atoms with E-state index in [1.807, 2.05) is 74.5 Å². The summed E-state index contributed by atoms with van der Waals surface area (Å²) in [6.07, 6.45) is 0.263. The van der Waals surface area contributed by atoms with Crippen molar-refractivity contribution in [3.05, 3.63) is 144 Å². The standard InChI is InChI=1S/C51H45N7O10Si.CHPS/c1-29-48-30(2)67-69(66-29,68-48)23-9-22-52-49(61)33-24-34-26-35(25-33)51(63)58-43-17-8-15-41(54-43)56-45(60)28-65-39-21-19-32-11-4-6-13-37(32)47(39)46-36-12-5-3-10-31(36)18-20-38(46)64-27-44(59)55-40-14-7-16-42(53-40)57-50(34)62;2-1-3/h3-8,10-21,24-26,29-30,48H,9,22-23,27-28H2,1-2H3,(H,52,61)(H2,53,55,57,59,62)(H2,54,56,58,60,63);1H/q;-2/t29-,30+,48?,69?;. The van der Waals surface area contributed by atoms with Crippen LogP contribution in [0.5, 0.6) is 11.5 Å². The summed E-state index contributed by atoms with van der Waals surface area (Å²) in [5.41, 5.74) is 1.25. The van der Waals surface area contributed by atoms with Crippen molar-refractivity contribution in [2.24, 2.45) is 0 Å². The summed E-state index contributed by atoms with van der Waals surface area (Å²) in [4.78, 5) is 77.6. The first-order valence-electron chi connectivity index (χ1n) is 22.9. The normalized spacial score (nSPS) is 19.7. The Hall–Kier alpha value is -7.51. The zero-order valence-electron chi connectivity index (χ0n) is 38.8. The minimum Gasteiger partial charge on any atom is -1.45 e. The summed E-state index contributed by atoms with van der Waals surface area (Å²) in [7, 11) is 0.640. The second-order valence-electron chi connectivity index (χ2n) is 16.9. The third-order valence-electron chi connectivity index (χ3n) is 11.9. The second-order valence-corrected chi connectivity index (χ2v) is 20.3. The molecule has 5 heterocycles. The highest BCUT2D eigenvalue weighted by Crippen LogP contribution is 2.46. The van der Waals surface area contributed by atoms with Gasteiger partial charge in [-0.25, -0.2) is 9.97 Å². The molecule has 5 aromatic carbocycles. The van der Waals surface area contributed by atoms with Gasteiger partial charge in [0.1, 0.15) is 34.8 Å². The molecule has 10 rings (SSSR count). The molecule has 7 aromatic rings. The predicted octanol–water partition coefficient (Wildman–Crippen LogP) is 8.94. The van der Waals surface area contributed by atoms with E-state index in [1.165, 1.54) is 35.4 Å². The molecule has 5 N–H and O–H groups in total. The van der Waals surface area contributed by atoms with Crippen molar-refractivity contribution in [3.8, 4) is 22.6 Å². The van der Waals surface area contributed by atoms with Crippen LogP contribution in [0.1, 0.15) is 51.3 Å². The van der Waals surface area contributed by atoms with Crippen LogP contribution in [0.3, 0.4) is 0 Å². The smallest absolute Gasteiger partial charge is 0.502 e. The van der Waals surface area contributed by atoms with Crippen molar-refractivity contribution in [1.82, 2.24) is 15.3 Å². The molecule has 0 radical (unpaired) electrons. The van der Waals surface area contributed by atoms with Crippen LogP contribution in [0.15, 0.2) is 127 Å².